The Morgan fingerprint density at radius 1 is 1.47 bits per heavy atom. The summed E-state index contributed by atoms with van der Waals surface area (Å²) in [4.78, 5) is 14.2. The van der Waals surface area contributed by atoms with E-state index in [4.69, 9.17) is 0 Å². The number of hydrogen-bond donors (Lipinski definition) is 1. The third-order valence-corrected chi connectivity index (χ3v) is 4.74. The third kappa shape index (κ3) is 6.66. The average molecular weight is 287 g/mol. The first-order chi connectivity index (χ1) is 8.79. The molecular weight excluding hydrogens is 258 g/mol. The molecule has 1 aliphatic rings. The summed E-state index contributed by atoms with van der Waals surface area (Å²) in [5.41, 5.74) is 0. The Balaban J connectivity index is 2.28. The Labute approximate surface area is 122 Å². The number of hydrogen-bond acceptors (Lipinski definition) is 3. The van der Waals surface area contributed by atoms with Crippen LogP contribution < -0.4 is 0 Å². The van der Waals surface area contributed by atoms with Gasteiger partial charge in [0.2, 0.25) is 5.91 Å². The number of likely N-dealkylation sites (tertiary alicyclic amines) is 1. The molecular formula is C15H29NO2S. The number of thioether (sulfide) groups is 1. The largest absolute Gasteiger partial charge is 0.393 e. The summed E-state index contributed by atoms with van der Waals surface area (Å²) < 4.78 is 0.283. The molecule has 0 saturated carbocycles. The highest BCUT2D eigenvalue weighted by Crippen LogP contribution is 2.26. The molecule has 112 valence electrons. The van der Waals surface area contributed by atoms with Gasteiger partial charge in [-0.1, -0.05) is 20.8 Å². The molecule has 1 fully saturated rings. The lowest BCUT2D eigenvalue weighted by Gasteiger charge is -2.26. The molecule has 19 heavy (non-hydrogen) atoms. The molecule has 0 bridgehead atoms. The molecule has 1 rings (SSSR count). The van der Waals surface area contributed by atoms with Crippen LogP contribution in [0.3, 0.4) is 0 Å². The van der Waals surface area contributed by atoms with E-state index in [1.807, 2.05) is 16.7 Å². The molecule has 1 amide bonds. The minimum absolute atomic E-state index is 0.266. The molecule has 1 heterocycles. The van der Waals surface area contributed by atoms with Crippen molar-refractivity contribution in [3.05, 3.63) is 0 Å². The average Bonchev–Trinajstić information content (AvgIpc) is 2.70. The Hall–Kier alpha value is -0.220. The molecule has 4 heteroatoms. The van der Waals surface area contributed by atoms with E-state index in [1.165, 1.54) is 0 Å². The van der Waals surface area contributed by atoms with Gasteiger partial charge in [-0.2, -0.15) is 11.8 Å². The second-order valence-corrected chi connectivity index (χ2v) is 8.45. The molecule has 0 aromatic heterocycles. The molecule has 2 atom stereocenters. The summed E-state index contributed by atoms with van der Waals surface area (Å²) in [6.07, 6.45) is 4.16. The van der Waals surface area contributed by atoms with Crippen LogP contribution in [-0.4, -0.2) is 45.1 Å². The summed E-state index contributed by atoms with van der Waals surface area (Å²) >= 11 is 1.92. The highest BCUT2D eigenvalue weighted by Gasteiger charge is 2.28. The fraction of sp³-hybridized carbons (Fsp3) is 0.933. The second-order valence-electron chi connectivity index (χ2n) is 6.53. The van der Waals surface area contributed by atoms with Crippen LogP contribution in [0.1, 0.15) is 59.8 Å². The minimum Gasteiger partial charge on any atom is -0.393 e. The maximum atomic E-state index is 12.2. The van der Waals surface area contributed by atoms with E-state index in [0.717, 1.165) is 38.0 Å². The van der Waals surface area contributed by atoms with Crippen molar-refractivity contribution in [2.45, 2.75) is 76.7 Å². The van der Waals surface area contributed by atoms with Crippen molar-refractivity contribution in [1.82, 2.24) is 4.90 Å². The zero-order valence-electron chi connectivity index (χ0n) is 12.8. The van der Waals surface area contributed by atoms with Gasteiger partial charge in [-0.05, 0) is 38.4 Å². The fourth-order valence-electron chi connectivity index (χ4n) is 2.55. The van der Waals surface area contributed by atoms with Gasteiger partial charge in [0.1, 0.15) is 0 Å². The van der Waals surface area contributed by atoms with Gasteiger partial charge in [-0.3, -0.25) is 4.79 Å². The van der Waals surface area contributed by atoms with Crippen molar-refractivity contribution < 1.29 is 9.90 Å². The Morgan fingerprint density at radius 3 is 2.74 bits per heavy atom. The first kappa shape index (κ1) is 16.8. The topological polar surface area (TPSA) is 40.5 Å². The molecule has 2 unspecified atom stereocenters. The SMILES string of the molecule is CC(O)CC1CCCN1C(=O)CCCSC(C)(C)C. The highest BCUT2D eigenvalue weighted by atomic mass is 32.2. The third-order valence-electron chi connectivity index (χ3n) is 3.38. The molecule has 1 saturated heterocycles. The van der Waals surface area contributed by atoms with Gasteiger partial charge in [0.25, 0.3) is 0 Å². The summed E-state index contributed by atoms with van der Waals surface area (Å²) in [5.74, 6) is 1.32. The van der Waals surface area contributed by atoms with Gasteiger partial charge in [-0.25, -0.2) is 0 Å². The van der Waals surface area contributed by atoms with Gasteiger partial charge in [0.15, 0.2) is 0 Å². The van der Waals surface area contributed by atoms with Gasteiger partial charge >= 0.3 is 0 Å². The number of carbonyl (C=O) groups excluding carboxylic acids is 1. The van der Waals surface area contributed by atoms with Crippen molar-refractivity contribution in [3.8, 4) is 0 Å². The van der Waals surface area contributed by atoms with E-state index < -0.39 is 0 Å². The number of rotatable bonds is 6. The lowest BCUT2D eigenvalue weighted by Crippen LogP contribution is -2.37. The summed E-state index contributed by atoms with van der Waals surface area (Å²) in [6, 6.07) is 0.266. The van der Waals surface area contributed by atoms with Gasteiger partial charge in [0, 0.05) is 23.8 Å². The molecule has 1 aliphatic heterocycles. The van der Waals surface area contributed by atoms with Crippen LogP contribution in [0.5, 0.6) is 0 Å². The predicted octanol–water partition coefficient (Wildman–Crippen LogP) is 3.06. The monoisotopic (exact) mass is 287 g/mol. The van der Waals surface area contributed by atoms with Crippen LogP contribution in [0.25, 0.3) is 0 Å². The zero-order valence-corrected chi connectivity index (χ0v) is 13.6. The molecule has 0 aromatic carbocycles. The van der Waals surface area contributed by atoms with Crippen molar-refractivity contribution in [2.75, 3.05) is 12.3 Å². The summed E-state index contributed by atoms with van der Waals surface area (Å²) in [6.45, 7) is 9.31. The Bertz CT molecular complexity index is 286. The van der Waals surface area contributed by atoms with Crippen LogP contribution >= 0.6 is 11.8 Å². The van der Waals surface area contributed by atoms with Crippen molar-refractivity contribution in [3.63, 3.8) is 0 Å². The van der Waals surface area contributed by atoms with E-state index in [2.05, 4.69) is 20.8 Å². The molecule has 0 aliphatic carbocycles. The molecule has 0 radical (unpaired) electrons. The van der Waals surface area contributed by atoms with E-state index in [1.54, 1.807) is 6.92 Å². The normalized spacial score (nSPS) is 21.7. The van der Waals surface area contributed by atoms with E-state index in [9.17, 15) is 9.90 Å². The van der Waals surface area contributed by atoms with Crippen LogP contribution in [0, 0.1) is 0 Å². The number of carbonyl (C=O) groups is 1. The van der Waals surface area contributed by atoms with Gasteiger partial charge in [-0.15, -0.1) is 0 Å². The predicted molar refractivity (Wildman–Crippen MR) is 82.5 cm³/mol. The number of aliphatic hydroxyl groups excluding tert-OH is 1. The number of nitrogens with zero attached hydrogens (tertiary/aromatic N) is 1. The molecule has 0 spiro atoms. The van der Waals surface area contributed by atoms with Crippen molar-refractivity contribution >= 4 is 17.7 Å². The minimum atomic E-state index is -0.310. The Kier molecular flexibility index (Phi) is 6.67. The maximum Gasteiger partial charge on any atom is 0.222 e. The van der Waals surface area contributed by atoms with Crippen LogP contribution in [0.15, 0.2) is 0 Å². The zero-order chi connectivity index (χ0) is 14.5. The first-order valence-corrected chi connectivity index (χ1v) is 8.39. The molecule has 3 nitrogen and oxygen atoms in total. The van der Waals surface area contributed by atoms with Crippen LogP contribution in [0.2, 0.25) is 0 Å². The van der Waals surface area contributed by atoms with Crippen LogP contribution in [0.4, 0.5) is 0 Å². The molecule has 0 aromatic rings. The van der Waals surface area contributed by atoms with Crippen molar-refractivity contribution in [1.29, 1.82) is 0 Å². The van der Waals surface area contributed by atoms with E-state index in [0.29, 0.717) is 6.42 Å². The van der Waals surface area contributed by atoms with Crippen molar-refractivity contribution in [2.24, 2.45) is 0 Å². The lowest BCUT2D eigenvalue weighted by molar-refractivity contribution is -0.132. The van der Waals surface area contributed by atoms with E-state index in [-0.39, 0.29) is 22.8 Å². The standard InChI is InChI=1S/C15H29NO2S/c1-12(17)11-13-7-5-9-16(13)14(18)8-6-10-19-15(2,3)4/h12-13,17H,5-11H2,1-4H3. The first-order valence-electron chi connectivity index (χ1n) is 7.41. The van der Waals surface area contributed by atoms with Gasteiger partial charge < -0.3 is 10.0 Å². The maximum absolute atomic E-state index is 12.2. The second kappa shape index (κ2) is 7.53. The van der Waals surface area contributed by atoms with Gasteiger partial charge in [0.05, 0.1) is 6.10 Å². The smallest absolute Gasteiger partial charge is 0.222 e. The lowest BCUT2D eigenvalue weighted by atomic mass is 10.1. The quantitative estimate of drug-likeness (QED) is 0.763. The number of amides is 1. The summed E-state index contributed by atoms with van der Waals surface area (Å²) in [7, 11) is 0. The van der Waals surface area contributed by atoms with Crippen LogP contribution in [-0.2, 0) is 4.79 Å². The Morgan fingerprint density at radius 2 is 2.16 bits per heavy atom. The van der Waals surface area contributed by atoms with E-state index >= 15 is 0 Å². The number of aliphatic hydroxyl groups is 1. The molecule has 1 N–H and O–H groups in total. The fourth-order valence-corrected chi connectivity index (χ4v) is 3.45. The summed E-state index contributed by atoms with van der Waals surface area (Å²) in [5, 5.41) is 9.47. The highest BCUT2D eigenvalue weighted by molar-refractivity contribution is 8.00.